The van der Waals surface area contributed by atoms with Crippen molar-refractivity contribution in [3.63, 3.8) is 0 Å². The predicted octanol–water partition coefficient (Wildman–Crippen LogP) is 1.70. The third kappa shape index (κ3) is 2.55. The molecule has 0 aromatic heterocycles. The van der Waals surface area contributed by atoms with Crippen LogP contribution in [-0.2, 0) is 4.79 Å². The molecule has 2 saturated carbocycles. The van der Waals surface area contributed by atoms with Crippen LogP contribution < -0.4 is 11.1 Å². The molecule has 108 valence electrons. The zero-order chi connectivity index (χ0) is 14.0. The molecule has 4 N–H and O–H groups in total. The van der Waals surface area contributed by atoms with Gasteiger partial charge < -0.3 is 16.3 Å². The molecule has 2 bridgehead atoms. The second kappa shape index (κ2) is 5.39. The minimum atomic E-state index is -0.910. The molecule has 0 spiro atoms. The van der Waals surface area contributed by atoms with Crippen molar-refractivity contribution < 1.29 is 10.0 Å². The van der Waals surface area contributed by atoms with Crippen molar-refractivity contribution in [2.45, 2.75) is 46.0 Å². The summed E-state index contributed by atoms with van der Waals surface area (Å²) in [6.45, 7) is 4.32. The molecule has 1 amide bonds. The number of hydrogen-bond acceptors (Lipinski definition) is 3. The zero-order valence-electron chi connectivity index (χ0n) is 11.9. The molecule has 2 fully saturated rings. The van der Waals surface area contributed by atoms with Crippen molar-refractivity contribution >= 4 is 11.7 Å². The van der Waals surface area contributed by atoms with Crippen molar-refractivity contribution in [3.8, 4) is 0 Å². The fourth-order valence-corrected chi connectivity index (χ4v) is 3.61. The Kier molecular flexibility index (Phi) is 4.02. The van der Waals surface area contributed by atoms with Gasteiger partial charge in [-0.25, -0.2) is 0 Å². The summed E-state index contributed by atoms with van der Waals surface area (Å²) >= 11 is 0. The molecule has 0 aromatic rings. The van der Waals surface area contributed by atoms with E-state index >= 15 is 0 Å². The first-order valence-electron chi connectivity index (χ1n) is 7.27. The molecule has 0 heterocycles. The Morgan fingerprint density at radius 1 is 1.47 bits per heavy atom. The van der Waals surface area contributed by atoms with Gasteiger partial charge in [0.15, 0.2) is 5.84 Å². The van der Waals surface area contributed by atoms with Gasteiger partial charge in [0.1, 0.15) is 5.41 Å². The molecule has 5 heteroatoms. The molecule has 0 aliphatic heterocycles. The molecular weight excluding hydrogens is 242 g/mol. The van der Waals surface area contributed by atoms with Crippen LogP contribution in [0, 0.1) is 23.2 Å². The number of carbonyl (C=O) groups is 1. The van der Waals surface area contributed by atoms with Crippen LogP contribution in [-0.4, -0.2) is 23.5 Å². The van der Waals surface area contributed by atoms with Crippen LogP contribution in [0.1, 0.15) is 46.0 Å². The summed E-state index contributed by atoms with van der Waals surface area (Å²) in [4.78, 5) is 12.3. The first-order valence-corrected chi connectivity index (χ1v) is 7.27. The topological polar surface area (TPSA) is 87.7 Å². The van der Waals surface area contributed by atoms with Gasteiger partial charge in [-0.1, -0.05) is 18.5 Å². The Hall–Kier alpha value is -1.26. The highest BCUT2D eigenvalue weighted by molar-refractivity contribution is 6.06. The summed E-state index contributed by atoms with van der Waals surface area (Å²) in [5.74, 6) is 2.15. The number of rotatable bonds is 5. The number of amides is 1. The van der Waals surface area contributed by atoms with E-state index in [0.717, 1.165) is 18.4 Å². The summed E-state index contributed by atoms with van der Waals surface area (Å²) in [5, 5.41) is 14.8. The molecule has 4 atom stereocenters. The molecule has 0 radical (unpaired) electrons. The lowest BCUT2D eigenvalue weighted by molar-refractivity contribution is -0.127. The number of nitrogens with two attached hydrogens (primary N) is 1. The number of carbonyl (C=O) groups excluding carboxylic acids is 1. The van der Waals surface area contributed by atoms with Gasteiger partial charge >= 0.3 is 0 Å². The van der Waals surface area contributed by atoms with E-state index in [4.69, 9.17) is 10.9 Å². The molecule has 2 rings (SSSR count). The quantitative estimate of drug-likeness (QED) is 0.306. The van der Waals surface area contributed by atoms with E-state index in [-0.39, 0.29) is 11.7 Å². The number of amidine groups is 1. The third-order valence-corrected chi connectivity index (χ3v) is 5.29. The molecule has 5 nitrogen and oxygen atoms in total. The fourth-order valence-electron chi connectivity index (χ4n) is 3.61. The van der Waals surface area contributed by atoms with Crippen molar-refractivity contribution in [2.24, 2.45) is 34.1 Å². The molecule has 0 saturated heterocycles. The van der Waals surface area contributed by atoms with Crippen molar-refractivity contribution in [1.82, 2.24) is 5.32 Å². The van der Waals surface area contributed by atoms with Gasteiger partial charge in [-0.05, 0) is 50.4 Å². The Labute approximate surface area is 114 Å². The van der Waals surface area contributed by atoms with Crippen molar-refractivity contribution in [3.05, 3.63) is 0 Å². The lowest BCUT2D eigenvalue weighted by Crippen LogP contribution is -2.48. The van der Waals surface area contributed by atoms with Crippen LogP contribution >= 0.6 is 0 Å². The minimum absolute atomic E-state index is 0.0135. The van der Waals surface area contributed by atoms with Crippen molar-refractivity contribution in [2.75, 3.05) is 6.54 Å². The third-order valence-electron chi connectivity index (χ3n) is 5.29. The van der Waals surface area contributed by atoms with E-state index in [1.807, 2.05) is 6.92 Å². The summed E-state index contributed by atoms with van der Waals surface area (Å²) in [5.41, 5.74) is 4.74. The van der Waals surface area contributed by atoms with Gasteiger partial charge in [-0.15, -0.1) is 0 Å². The van der Waals surface area contributed by atoms with Gasteiger partial charge in [0.05, 0.1) is 0 Å². The molecule has 2 aliphatic carbocycles. The van der Waals surface area contributed by atoms with Crippen LogP contribution in [0.25, 0.3) is 0 Å². The van der Waals surface area contributed by atoms with Crippen LogP contribution in [0.15, 0.2) is 5.16 Å². The maximum Gasteiger partial charge on any atom is 0.233 e. The first kappa shape index (κ1) is 14.2. The average Bonchev–Trinajstić information content (AvgIpc) is 3.05. The Morgan fingerprint density at radius 3 is 2.68 bits per heavy atom. The SMILES string of the molecule is CCC(C)(C(=O)NCC1CC2CCC1C2)C(N)=NO. The summed E-state index contributed by atoms with van der Waals surface area (Å²) in [6, 6.07) is 0. The fraction of sp³-hybridized carbons (Fsp3) is 0.857. The van der Waals surface area contributed by atoms with Gasteiger partial charge in [-0.3, -0.25) is 4.79 Å². The Balaban J connectivity index is 1.90. The van der Waals surface area contributed by atoms with E-state index in [1.54, 1.807) is 6.92 Å². The van der Waals surface area contributed by atoms with E-state index in [2.05, 4.69) is 10.5 Å². The van der Waals surface area contributed by atoms with E-state index in [1.165, 1.54) is 25.7 Å². The average molecular weight is 267 g/mol. The number of hydrogen-bond donors (Lipinski definition) is 3. The normalized spacial score (nSPS) is 33.2. The number of fused-ring (bicyclic) bond motifs is 2. The monoisotopic (exact) mass is 267 g/mol. The standard InChI is InChI=1S/C14H25N3O2/c1-3-14(2,12(15)17-19)13(18)16-8-11-7-9-4-5-10(11)6-9/h9-11,19H,3-8H2,1-2H3,(H2,15,17)(H,16,18). The Morgan fingerprint density at radius 2 is 2.21 bits per heavy atom. The second-order valence-electron chi connectivity index (χ2n) is 6.32. The summed E-state index contributed by atoms with van der Waals surface area (Å²) < 4.78 is 0. The van der Waals surface area contributed by atoms with E-state index < -0.39 is 5.41 Å². The highest BCUT2D eigenvalue weighted by Gasteiger charge is 2.41. The maximum atomic E-state index is 12.3. The maximum absolute atomic E-state index is 12.3. The van der Waals surface area contributed by atoms with Crippen LogP contribution in [0.5, 0.6) is 0 Å². The van der Waals surface area contributed by atoms with Crippen LogP contribution in [0.2, 0.25) is 0 Å². The molecular formula is C14H25N3O2. The van der Waals surface area contributed by atoms with Gasteiger partial charge in [0.25, 0.3) is 0 Å². The van der Waals surface area contributed by atoms with Gasteiger partial charge in [-0.2, -0.15) is 0 Å². The second-order valence-corrected chi connectivity index (χ2v) is 6.32. The minimum Gasteiger partial charge on any atom is -0.409 e. The molecule has 4 unspecified atom stereocenters. The van der Waals surface area contributed by atoms with Gasteiger partial charge in [0, 0.05) is 6.54 Å². The lowest BCUT2D eigenvalue weighted by atomic mass is 9.84. The highest BCUT2D eigenvalue weighted by Crippen LogP contribution is 2.48. The van der Waals surface area contributed by atoms with E-state index in [9.17, 15) is 4.79 Å². The smallest absolute Gasteiger partial charge is 0.233 e. The highest BCUT2D eigenvalue weighted by atomic mass is 16.4. The molecule has 19 heavy (non-hydrogen) atoms. The van der Waals surface area contributed by atoms with Crippen LogP contribution in [0.3, 0.4) is 0 Å². The zero-order valence-corrected chi connectivity index (χ0v) is 11.9. The molecule has 0 aromatic carbocycles. The Bertz CT molecular complexity index is 383. The van der Waals surface area contributed by atoms with Gasteiger partial charge in [0.2, 0.25) is 5.91 Å². The number of nitrogens with one attached hydrogen (secondary N) is 1. The first-order chi connectivity index (χ1) is 9.01. The molecule has 2 aliphatic rings. The van der Waals surface area contributed by atoms with Crippen molar-refractivity contribution in [1.29, 1.82) is 0 Å². The largest absolute Gasteiger partial charge is 0.409 e. The van der Waals surface area contributed by atoms with E-state index in [0.29, 0.717) is 12.3 Å². The summed E-state index contributed by atoms with van der Waals surface area (Å²) in [6.07, 6.45) is 5.79. The predicted molar refractivity (Wildman–Crippen MR) is 73.8 cm³/mol. The lowest BCUT2D eigenvalue weighted by Gasteiger charge is -2.28. The number of nitrogens with zero attached hydrogens (tertiary/aromatic N) is 1. The summed E-state index contributed by atoms with van der Waals surface area (Å²) in [7, 11) is 0. The van der Waals surface area contributed by atoms with Crippen LogP contribution in [0.4, 0.5) is 0 Å². The number of oxime groups is 1.